The molecule has 0 bridgehead atoms. The van der Waals surface area contributed by atoms with Gasteiger partial charge in [-0.2, -0.15) is 0 Å². The fourth-order valence-electron chi connectivity index (χ4n) is 1.51. The van der Waals surface area contributed by atoms with Crippen molar-refractivity contribution in [3.05, 3.63) is 10.4 Å². The fourth-order valence-corrected chi connectivity index (χ4v) is 1.51. The molecule has 0 aromatic carbocycles. The molecule has 1 saturated heterocycles. The summed E-state index contributed by atoms with van der Waals surface area (Å²) in [5.74, 6) is 0. The smallest absolute Gasteiger partial charge is 0.109 e. The van der Waals surface area contributed by atoms with Gasteiger partial charge in [0.1, 0.15) is 12.2 Å². The second-order valence-electron chi connectivity index (χ2n) is 3.24. The molecule has 0 aliphatic carbocycles. The molecule has 1 heterocycles. The highest BCUT2D eigenvalue weighted by molar-refractivity contribution is 4.94. The molecular formula is C7H13N3O4. The van der Waals surface area contributed by atoms with E-state index >= 15 is 0 Å². The van der Waals surface area contributed by atoms with Crippen LogP contribution in [-0.4, -0.2) is 52.4 Å². The Labute approximate surface area is 80.6 Å². The summed E-state index contributed by atoms with van der Waals surface area (Å²) < 4.78 is 5.16. The number of hydrogen-bond donors (Lipinski definition) is 3. The van der Waals surface area contributed by atoms with Crippen LogP contribution in [0.15, 0.2) is 5.11 Å². The molecule has 1 rings (SSSR count). The molecule has 0 saturated carbocycles. The third-order valence-electron chi connectivity index (χ3n) is 2.32. The lowest BCUT2D eigenvalue weighted by atomic mass is 9.94. The molecule has 0 aromatic heterocycles. The summed E-state index contributed by atoms with van der Waals surface area (Å²) in [5, 5.41) is 31.1. The zero-order valence-electron chi connectivity index (χ0n) is 7.69. The molecule has 0 spiro atoms. The van der Waals surface area contributed by atoms with E-state index in [0.29, 0.717) is 0 Å². The maximum absolute atomic E-state index is 9.53. The minimum Gasteiger partial charge on any atom is -0.394 e. The van der Waals surface area contributed by atoms with Gasteiger partial charge in [0.05, 0.1) is 24.9 Å². The standard InChI is InChI=1S/C7H13N3O4/c1-3-5(9-10-8)7(13)6(12)4(2-11)14-3/h3-7,11-13H,2H2,1H3/t3-,4+,5-,6-,7+/m0/s1. The van der Waals surface area contributed by atoms with Crippen LogP contribution in [0.1, 0.15) is 6.92 Å². The van der Waals surface area contributed by atoms with E-state index < -0.39 is 30.5 Å². The lowest BCUT2D eigenvalue weighted by molar-refractivity contribution is -0.183. The van der Waals surface area contributed by atoms with Crippen LogP contribution in [0.4, 0.5) is 0 Å². The van der Waals surface area contributed by atoms with Gasteiger partial charge in [-0.25, -0.2) is 0 Å². The van der Waals surface area contributed by atoms with E-state index in [1.54, 1.807) is 6.92 Å². The summed E-state index contributed by atoms with van der Waals surface area (Å²) in [6, 6.07) is -0.821. The van der Waals surface area contributed by atoms with Crippen molar-refractivity contribution >= 4 is 0 Å². The largest absolute Gasteiger partial charge is 0.394 e. The van der Waals surface area contributed by atoms with Crippen molar-refractivity contribution in [1.29, 1.82) is 0 Å². The zero-order chi connectivity index (χ0) is 10.7. The van der Waals surface area contributed by atoms with Gasteiger partial charge in [0.15, 0.2) is 0 Å². The van der Waals surface area contributed by atoms with Crippen molar-refractivity contribution in [3.63, 3.8) is 0 Å². The topological polar surface area (TPSA) is 119 Å². The van der Waals surface area contributed by atoms with Crippen molar-refractivity contribution in [2.24, 2.45) is 5.11 Å². The van der Waals surface area contributed by atoms with E-state index in [4.69, 9.17) is 15.4 Å². The van der Waals surface area contributed by atoms with E-state index in [0.717, 1.165) is 0 Å². The molecule has 5 atom stereocenters. The minimum absolute atomic E-state index is 0.383. The van der Waals surface area contributed by atoms with E-state index in [-0.39, 0.29) is 6.61 Å². The molecule has 0 radical (unpaired) electrons. The number of ether oxygens (including phenoxy) is 1. The summed E-state index contributed by atoms with van der Waals surface area (Å²) in [7, 11) is 0. The van der Waals surface area contributed by atoms with Crippen molar-refractivity contribution in [3.8, 4) is 0 Å². The van der Waals surface area contributed by atoms with Crippen LogP contribution < -0.4 is 0 Å². The van der Waals surface area contributed by atoms with Gasteiger partial charge in [0, 0.05) is 4.91 Å². The third-order valence-corrected chi connectivity index (χ3v) is 2.32. The van der Waals surface area contributed by atoms with Crippen molar-refractivity contribution in [2.75, 3.05) is 6.61 Å². The molecule has 1 aliphatic rings. The van der Waals surface area contributed by atoms with Crippen LogP contribution in [0, 0.1) is 0 Å². The Bertz CT molecular complexity index is 243. The average Bonchev–Trinajstić information content (AvgIpc) is 2.18. The predicted octanol–water partition coefficient (Wildman–Crippen LogP) is -0.833. The number of aliphatic hydroxyl groups is 3. The maximum atomic E-state index is 9.53. The van der Waals surface area contributed by atoms with Gasteiger partial charge in [-0.15, -0.1) is 0 Å². The van der Waals surface area contributed by atoms with Gasteiger partial charge in [0.25, 0.3) is 0 Å². The Morgan fingerprint density at radius 3 is 2.57 bits per heavy atom. The van der Waals surface area contributed by atoms with Gasteiger partial charge in [-0.05, 0) is 12.5 Å². The minimum atomic E-state index is -1.23. The van der Waals surface area contributed by atoms with Gasteiger partial charge in [-0.3, -0.25) is 0 Å². The molecule has 1 fully saturated rings. The van der Waals surface area contributed by atoms with Gasteiger partial charge < -0.3 is 20.1 Å². The van der Waals surface area contributed by atoms with Crippen molar-refractivity contribution in [2.45, 2.75) is 37.4 Å². The van der Waals surface area contributed by atoms with Crippen molar-refractivity contribution in [1.82, 2.24) is 0 Å². The molecule has 0 amide bonds. The second kappa shape index (κ2) is 4.59. The van der Waals surface area contributed by atoms with Gasteiger partial charge in [0.2, 0.25) is 0 Å². The molecule has 3 N–H and O–H groups in total. The summed E-state index contributed by atoms with van der Waals surface area (Å²) in [6.07, 6.45) is -3.79. The summed E-state index contributed by atoms with van der Waals surface area (Å²) >= 11 is 0. The van der Waals surface area contributed by atoms with E-state index in [1.165, 1.54) is 0 Å². The highest BCUT2D eigenvalue weighted by atomic mass is 16.5. The van der Waals surface area contributed by atoms with Gasteiger partial charge in [-0.1, -0.05) is 5.11 Å². The Balaban J connectivity index is 2.78. The Hall–Kier alpha value is -0.850. The van der Waals surface area contributed by atoms with Crippen LogP contribution in [-0.2, 0) is 4.74 Å². The average molecular weight is 203 g/mol. The first-order chi connectivity index (χ1) is 6.61. The maximum Gasteiger partial charge on any atom is 0.109 e. The molecule has 1 aliphatic heterocycles. The van der Waals surface area contributed by atoms with Crippen LogP contribution in [0.25, 0.3) is 10.4 Å². The molecule has 7 nitrogen and oxygen atoms in total. The predicted molar refractivity (Wildman–Crippen MR) is 46.4 cm³/mol. The molecule has 80 valence electrons. The van der Waals surface area contributed by atoms with E-state index in [2.05, 4.69) is 10.0 Å². The lowest BCUT2D eigenvalue weighted by Crippen LogP contribution is -2.56. The Kier molecular flexibility index (Phi) is 3.68. The summed E-state index contributed by atoms with van der Waals surface area (Å²) in [5.41, 5.74) is 8.22. The molecule has 0 aromatic rings. The lowest BCUT2D eigenvalue weighted by Gasteiger charge is -2.39. The van der Waals surface area contributed by atoms with Crippen LogP contribution in [0.2, 0.25) is 0 Å². The van der Waals surface area contributed by atoms with Crippen LogP contribution in [0.3, 0.4) is 0 Å². The first-order valence-corrected chi connectivity index (χ1v) is 4.28. The quantitative estimate of drug-likeness (QED) is 0.308. The highest BCUT2D eigenvalue weighted by Gasteiger charge is 2.41. The summed E-state index contributed by atoms with van der Waals surface area (Å²) in [6.45, 7) is 1.22. The highest BCUT2D eigenvalue weighted by Crippen LogP contribution is 2.23. The SMILES string of the molecule is C[C@@H]1O[C@H](CO)[C@H](O)[C@H](O)[C@H]1N=[N+]=[N-]. The van der Waals surface area contributed by atoms with Crippen molar-refractivity contribution < 1.29 is 20.1 Å². The Morgan fingerprint density at radius 1 is 1.43 bits per heavy atom. The molecule has 7 heteroatoms. The van der Waals surface area contributed by atoms with Crippen LogP contribution in [0.5, 0.6) is 0 Å². The fraction of sp³-hybridized carbons (Fsp3) is 1.00. The monoisotopic (exact) mass is 203 g/mol. The van der Waals surface area contributed by atoms with E-state index in [9.17, 15) is 10.2 Å². The summed E-state index contributed by atoms with van der Waals surface area (Å²) in [4.78, 5) is 2.56. The molecular weight excluding hydrogens is 190 g/mol. The number of hydrogen-bond acceptors (Lipinski definition) is 5. The zero-order valence-corrected chi connectivity index (χ0v) is 7.69. The second-order valence-corrected chi connectivity index (χ2v) is 3.24. The Morgan fingerprint density at radius 2 is 2.07 bits per heavy atom. The van der Waals surface area contributed by atoms with Crippen LogP contribution >= 0.6 is 0 Å². The first kappa shape index (κ1) is 11.2. The number of rotatable bonds is 2. The van der Waals surface area contributed by atoms with E-state index in [1.807, 2.05) is 0 Å². The molecule has 0 unspecified atom stereocenters. The normalized spacial score (nSPS) is 43.0. The first-order valence-electron chi connectivity index (χ1n) is 4.28. The number of nitrogens with zero attached hydrogens (tertiary/aromatic N) is 3. The molecule has 14 heavy (non-hydrogen) atoms. The van der Waals surface area contributed by atoms with Gasteiger partial charge >= 0.3 is 0 Å². The number of azide groups is 1. The number of aliphatic hydroxyl groups excluding tert-OH is 3. The third kappa shape index (κ3) is 1.97.